The molecule has 0 bridgehead atoms. The Morgan fingerprint density at radius 3 is 2.28 bits per heavy atom. The van der Waals surface area contributed by atoms with Crippen molar-refractivity contribution in [3.05, 3.63) is 54.1 Å². The summed E-state index contributed by atoms with van der Waals surface area (Å²) < 4.78 is 0. The minimum atomic E-state index is 0.538. The van der Waals surface area contributed by atoms with Gasteiger partial charge in [0.05, 0.1) is 11.4 Å². The van der Waals surface area contributed by atoms with E-state index in [1.165, 1.54) is 30.5 Å². The summed E-state index contributed by atoms with van der Waals surface area (Å²) in [6, 6.07) is 16.9. The molecule has 1 saturated heterocycles. The molecular weight excluding hydrogens is 326 g/mol. The normalized spacial score (nSPS) is 14.4. The van der Waals surface area contributed by atoms with Gasteiger partial charge in [0, 0.05) is 18.8 Å². The van der Waals surface area contributed by atoms with E-state index in [1.807, 2.05) is 0 Å². The molecule has 3 rings (SSSR count). The van der Waals surface area contributed by atoms with Crippen molar-refractivity contribution in [3.8, 4) is 0 Å². The van der Waals surface area contributed by atoms with E-state index in [9.17, 15) is 0 Å². The van der Waals surface area contributed by atoms with Gasteiger partial charge in [-0.05, 0) is 67.2 Å². The topological polar surface area (TPSA) is 27.3 Å². The standard InChI is InChI=1S/C21H27N3S/c1-16(2)17-10-12-18(13-11-17)22-21(25)23-19-8-4-5-9-20(19)24-14-6-3-7-15-24/h4-5,8-13,16H,3,6-7,14-15H2,1-2H3,(H2,22,23,25). The fourth-order valence-corrected chi connectivity index (χ4v) is 3.45. The lowest BCUT2D eigenvalue weighted by Gasteiger charge is -2.30. The molecule has 0 saturated carbocycles. The van der Waals surface area contributed by atoms with E-state index in [4.69, 9.17) is 12.2 Å². The fourth-order valence-electron chi connectivity index (χ4n) is 3.23. The first-order valence-corrected chi connectivity index (χ1v) is 9.56. The highest BCUT2D eigenvalue weighted by molar-refractivity contribution is 7.80. The number of hydrogen-bond donors (Lipinski definition) is 2. The number of anilines is 3. The number of rotatable bonds is 4. The van der Waals surface area contributed by atoms with Crippen molar-refractivity contribution < 1.29 is 0 Å². The van der Waals surface area contributed by atoms with Gasteiger partial charge >= 0.3 is 0 Å². The van der Waals surface area contributed by atoms with Crippen LogP contribution in [0.15, 0.2) is 48.5 Å². The minimum Gasteiger partial charge on any atom is -0.370 e. The molecule has 0 unspecified atom stereocenters. The number of hydrogen-bond acceptors (Lipinski definition) is 2. The van der Waals surface area contributed by atoms with E-state index >= 15 is 0 Å². The Kier molecular flexibility index (Phi) is 5.92. The number of piperidine rings is 1. The highest BCUT2D eigenvalue weighted by Gasteiger charge is 2.14. The van der Waals surface area contributed by atoms with E-state index in [0.29, 0.717) is 11.0 Å². The average molecular weight is 354 g/mol. The van der Waals surface area contributed by atoms with Crippen LogP contribution in [0.2, 0.25) is 0 Å². The Morgan fingerprint density at radius 1 is 0.920 bits per heavy atom. The number of nitrogens with zero attached hydrogens (tertiary/aromatic N) is 1. The van der Waals surface area contributed by atoms with Gasteiger partial charge in [-0.3, -0.25) is 0 Å². The molecule has 0 aliphatic carbocycles. The van der Waals surface area contributed by atoms with Gasteiger partial charge in [0.15, 0.2) is 5.11 Å². The summed E-state index contributed by atoms with van der Waals surface area (Å²) in [5, 5.41) is 7.29. The first-order chi connectivity index (χ1) is 12.1. The van der Waals surface area contributed by atoms with Crippen LogP contribution in [0.3, 0.4) is 0 Å². The number of benzene rings is 2. The van der Waals surface area contributed by atoms with Crippen molar-refractivity contribution in [2.75, 3.05) is 28.6 Å². The van der Waals surface area contributed by atoms with Gasteiger partial charge in [-0.25, -0.2) is 0 Å². The molecule has 0 aromatic heterocycles. The maximum absolute atomic E-state index is 5.52. The third-order valence-corrected chi connectivity index (χ3v) is 4.89. The molecule has 2 aromatic carbocycles. The molecule has 2 N–H and O–H groups in total. The molecule has 2 aromatic rings. The van der Waals surface area contributed by atoms with E-state index in [-0.39, 0.29) is 0 Å². The summed E-state index contributed by atoms with van der Waals surface area (Å²) >= 11 is 5.52. The Balaban J connectivity index is 1.66. The molecule has 4 heteroatoms. The van der Waals surface area contributed by atoms with Crippen molar-refractivity contribution in [1.29, 1.82) is 0 Å². The summed E-state index contributed by atoms with van der Waals surface area (Å²) in [6.45, 7) is 6.64. The van der Waals surface area contributed by atoms with Crippen molar-refractivity contribution in [2.24, 2.45) is 0 Å². The summed E-state index contributed by atoms with van der Waals surface area (Å²) in [7, 11) is 0. The second-order valence-electron chi connectivity index (χ2n) is 6.92. The highest BCUT2D eigenvalue weighted by Crippen LogP contribution is 2.28. The predicted molar refractivity (Wildman–Crippen MR) is 113 cm³/mol. The van der Waals surface area contributed by atoms with Crippen LogP contribution in [0.5, 0.6) is 0 Å². The second-order valence-corrected chi connectivity index (χ2v) is 7.33. The third kappa shape index (κ3) is 4.73. The maximum atomic E-state index is 5.52. The molecule has 0 atom stereocenters. The van der Waals surface area contributed by atoms with Gasteiger partial charge in [-0.1, -0.05) is 38.1 Å². The number of para-hydroxylation sites is 2. The average Bonchev–Trinajstić information content (AvgIpc) is 2.63. The number of thiocarbonyl (C=S) groups is 1. The molecule has 1 fully saturated rings. The Bertz CT molecular complexity index is 703. The van der Waals surface area contributed by atoms with Crippen LogP contribution >= 0.6 is 12.2 Å². The zero-order valence-electron chi connectivity index (χ0n) is 15.1. The molecular formula is C21H27N3S. The third-order valence-electron chi connectivity index (χ3n) is 4.68. The highest BCUT2D eigenvalue weighted by atomic mass is 32.1. The number of nitrogens with one attached hydrogen (secondary N) is 2. The fraction of sp³-hybridized carbons (Fsp3) is 0.381. The summed E-state index contributed by atoms with van der Waals surface area (Å²) in [5.74, 6) is 0.538. The summed E-state index contributed by atoms with van der Waals surface area (Å²) in [4.78, 5) is 2.45. The van der Waals surface area contributed by atoms with Gasteiger partial charge in [-0.15, -0.1) is 0 Å². The van der Waals surface area contributed by atoms with Gasteiger partial charge in [-0.2, -0.15) is 0 Å². The van der Waals surface area contributed by atoms with Crippen LogP contribution in [-0.4, -0.2) is 18.2 Å². The van der Waals surface area contributed by atoms with E-state index in [0.717, 1.165) is 24.5 Å². The lowest BCUT2D eigenvalue weighted by Crippen LogP contribution is -2.30. The molecule has 25 heavy (non-hydrogen) atoms. The van der Waals surface area contributed by atoms with Crippen molar-refractivity contribution in [1.82, 2.24) is 0 Å². The van der Waals surface area contributed by atoms with Crippen LogP contribution in [0.25, 0.3) is 0 Å². The maximum Gasteiger partial charge on any atom is 0.175 e. The lowest BCUT2D eigenvalue weighted by atomic mass is 10.0. The van der Waals surface area contributed by atoms with Crippen LogP contribution in [-0.2, 0) is 0 Å². The van der Waals surface area contributed by atoms with Gasteiger partial charge in [0.2, 0.25) is 0 Å². The summed E-state index contributed by atoms with van der Waals surface area (Å²) in [6.07, 6.45) is 3.86. The largest absolute Gasteiger partial charge is 0.370 e. The zero-order chi connectivity index (χ0) is 17.6. The molecule has 3 nitrogen and oxygen atoms in total. The SMILES string of the molecule is CC(C)c1ccc(NC(=S)Nc2ccccc2N2CCCCC2)cc1. The van der Waals surface area contributed by atoms with E-state index in [1.54, 1.807) is 0 Å². The van der Waals surface area contributed by atoms with Crippen molar-refractivity contribution in [2.45, 2.75) is 39.0 Å². The van der Waals surface area contributed by atoms with Gasteiger partial charge in [0.25, 0.3) is 0 Å². The monoisotopic (exact) mass is 353 g/mol. The predicted octanol–water partition coefficient (Wildman–Crippen LogP) is 5.61. The van der Waals surface area contributed by atoms with Crippen LogP contribution < -0.4 is 15.5 Å². The van der Waals surface area contributed by atoms with Gasteiger partial charge < -0.3 is 15.5 Å². The Morgan fingerprint density at radius 2 is 1.60 bits per heavy atom. The molecule has 1 heterocycles. The smallest absolute Gasteiger partial charge is 0.175 e. The lowest BCUT2D eigenvalue weighted by molar-refractivity contribution is 0.578. The summed E-state index contributed by atoms with van der Waals surface area (Å²) in [5.41, 5.74) is 4.65. The van der Waals surface area contributed by atoms with Crippen LogP contribution in [0.4, 0.5) is 17.1 Å². The molecule has 1 aliphatic heterocycles. The zero-order valence-corrected chi connectivity index (χ0v) is 15.9. The molecule has 132 valence electrons. The van der Waals surface area contributed by atoms with Crippen LogP contribution in [0, 0.1) is 0 Å². The Hall–Kier alpha value is -2.07. The van der Waals surface area contributed by atoms with Crippen molar-refractivity contribution >= 4 is 34.4 Å². The Labute approximate surface area is 156 Å². The first kappa shape index (κ1) is 17.7. The van der Waals surface area contributed by atoms with E-state index in [2.05, 4.69) is 77.9 Å². The van der Waals surface area contributed by atoms with E-state index < -0.39 is 0 Å². The van der Waals surface area contributed by atoms with Crippen LogP contribution in [0.1, 0.15) is 44.6 Å². The van der Waals surface area contributed by atoms with Crippen molar-refractivity contribution in [3.63, 3.8) is 0 Å². The quantitative estimate of drug-likeness (QED) is 0.699. The second kappa shape index (κ2) is 8.34. The molecule has 1 aliphatic rings. The molecule has 0 radical (unpaired) electrons. The minimum absolute atomic E-state index is 0.538. The molecule has 0 amide bonds. The molecule has 0 spiro atoms. The first-order valence-electron chi connectivity index (χ1n) is 9.15. The van der Waals surface area contributed by atoms with Gasteiger partial charge in [0.1, 0.15) is 0 Å².